The van der Waals surface area contributed by atoms with Crippen molar-refractivity contribution < 1.29 is 14.3 Å². The van der Waals surface area contributed by atoms with Gasteiger partial charge in [-0.1, -0.05) is 12.1 Å². The number of hydrogen-bond donors (Lipinski definition) is 2. The Morgan fingerprint density at radius 1 is 1.14 bits per heavy atom. The minimum absolute atomic E-state index is 0.138. The Hall–Kier alpha value is -2.38. The van der Waals surface area contributed by atoms with Crippen LogP contribution < -0.4 is 15.4 Å². The van der Waals surface area contributed by atoms with Crippen LogP contribution in [0.2, 0.25) is 0 Å². The number of amides is 2. The maximum Gasteiger partial charge on any atom is 0.256 e. The molecule has 1 unspecified atom stereocenters. The number of halogens is 1. The van der Waals surface area contributed by atoms with Crippen molar-refractivity contribution in [2.75, 3.05) is 38.6 Å². The summed E-state index contributed by atoms with van der Waals surface area (Å²) in [7, 11) is 1.56. The third-order valence-electron chi connectivity index (χ3n) is 4.89. The van der Waals surface area contributed by atoms with Crippen LogP contribution in [0, 0.1) is 0 Å². The quantitative estimate of drug-likeness (QED) is 0.740. The number of carbonyl (C=O) groups is 2. The first-order valence-corrected chi connectivity index (χ1v) is 10.0. The molecule has 0 aliphatic carbocycles. The van der Waals surface area contributed by atoms with E-state index < -0.39 is 0 Å². The molecular formula is C21H24BrN3O3. The number of nitrogens with one attached hydrogen (secondary N) is 2. The lowest BCUT2D eigenvalue weighted by molar-refractivity contribution is -0.133. The molecule has 7 heteroatoms. The highest BCUT2D eigenvalue weighted by atomic mass is 79.9. The van der Waals surface area contributed by atoms with Crippen LogP contribution in [0.4, 0.5) is 5.69 Å². The summed E-state index contributed by atoms with van der Waals surface area (Å²) in [6.45, 7) is 5.08. The van der Waals surface area contributed by atoms with Crippen molar-refractivity contribution in [3.05, 3.63) is 58.1 Å². The number of piperazine rings is 1. The molecule has 1 saturated heterocycles. The minimum atomic E-state index is -0.233. The van der Waals surface area contributed by atoms with Crippen LogP contribution >= 0.6 is 15.9 Å². The summed E-state index contributed by atoms with van der Waals surface area (Å²) in [5.74, 6) is 0.307. The maximum absolute atomic E-state index is 12.7. The van der Waals surface area contributed by atoms with Gasteiger partial charge < -0.3 is 20.3 Å². The molecule has 2 aromatic rings. The second kappa shape index (κ2) is 9.21. The first-order valence-electron chi connectivity index (χ1n) is 9.24. The molecule has 0 spiro atoms. The number of hydrogen-bond acceptors (Lipinski definition) is 4. The van der Waals surface area contributed by atoms with Crippen molar-refractivity contribution in [3.8, 4) is 5.75 Å². The number of ether oxygens (including phenoxy) is 1. The van der Waals surface area contributed by atoms with E-state index in [1.165, 1.54) is 0 Å². The molecule has 28 heavy (non-hydrogen) atoms. The molecule has 1 atom stereocenters. The molecule has 0 aromatic heterocycles. The van der Waals surface area contributed by atoms with E-state index >= 15 is 0 Å². The van der Waals surface area contributed by atoms with Gasteiger partial charge in [-0.2, -0.15) is 0 Å². The molecule has 6 nitrogen and oxygen atoms in total. The van der Waals surface area contributed by atoms with E-state index in [-0.39, 0.29) is 17.7 Å². The fourth-order valence-electron chi connectivity index (χ4n) is 3.16. The largest absolute Gasteiger partial charge is 0.497 e. The fourth-order valence-corrected chi connectivity index (χ4v) is 3.59. The predicted octanol–water partition coefficient (Wildman–Crippen LogP) is 3.25. The smallest absolute Gasteiger partial charge is 0.256 e. The molecule has 2 aromatic carbocycles. The zero-order valence-electron chi connectivity index (χ0n) is 16.0. The molecule has 1 fully saturated rings. The van der Waals surface area contributed by atoms with Gasteiger partial charge in [0.2, 0.25) is 5.91 Å². The monoisotopic (exact) mass is 445 g/mol. The van der Waals surface area contributed by atoms with Gasteiger partial charge in [0.15, 0.2) is 0 Å². The van der Waals surface area contributed by atoms with Crippen molar-refractivity contribution in [2.24, 2.45) is 0 Å². The van der Waals surface area contributed by atoms with Crippen LogP contribution in [0.15, 0.2) is 46.9 Å². The first-order chi connectivity index (χ1) is 13.5. The zero-order valence-corrected chi connectivity index (χ0v) is 17.6. The standard InChI is InChI=1S/C21H24BrN3O3/c1-14(21(27)25-11-9-23-10-12-25)15-3-5-16(6-4-15)24-20(26)18-13-17(28-2)7-8-19(18)22/h3-8,13-14,23H,9-12H2,1-2H3,(H,24,26). The van der Waals surface area contributed by atoms with Crippen LogP contribution in [0.5, 0.6) is 5.75 Å². The topological polar surface area (TPSA) is 70.7 Å². The molecule has 2 amide bonds. The van der Waals surface area contributed by atoms with E-state index in [4.69, 9.17) is 4.74 Å². The average molecular weight is 446 g/mol. The molecule has 0 saturated carbocycles. The molecule has 1 heterocycles. The van der Waals surface area contributed by atoms with Crippen molar-refractivity contribution in [1.82, 2.24) is 10.2 Å². The highest BCUT2D eigenvalue weighted by Crippen LogP contribution is 2.25. The molecule has 148 valence electrons. The van der Waals surface area contributed by atoms with Gasteiger partial charge in [-0.05, 0) is 58.7 Å². The third kappa shape index (κ3) is 4.72. The summed E-state index contributed by atoms with van der Waals surface area (Å²) in [5, 5.41) is 6.13. The van der Waals surface area contributed by atoms with Gasteiger partial charge in [0.1, 0.15) is 5.75 Å². The summed E-state index contributed by atoms with van der Waals surface area (Å²) in [6, 6.07) is 12.7. The molecule has 1 aliphatic rings. The van der Waals surface area contributed by atoms with Crippen LogP contribution in [-0.4, -0.2) is 50.0 Å². The molecule has 2 N–H and O–H groups in total. The van der Waals surface area contributed by atoms with E-state index in [0.717, 1.165) is 31.7 Å². The third-order valence-corrected chi connectivity index (χ3v) is 5.58. The maximum atomic E-state index is 12.7. The van der Waals surface area contributed by atoms with Crippen molar-refractivity contribution in [3.63, 3.8) is 0 Å². The molecule has 1 aliphatic heterocycles. The van der Waals surface area contributed by atoms with Crippen molar-refractivity contribution in [1.29, 1.82) is 0 Å². The summed E-state index contributed by atoms with van der Waals surface area (Å²) in [4.78, 5) is 27.1. The number of anilines is 1. The Kier molecular flexibility index (Phi) is 6.70. The minimum Gasteiger partial charge on any atom is -0.497 e. The lowest BCUT2D eigenvalue weighted by Crippen LogP contribution is -2.47. The lowest BCUT2D eigenvalue weighted by atomic mass is 9.99. The number of carbonyl (C=O) groups excluding carboxylic acids is 2. The zero-order chi connectivity index (χ0) is 20.1. The van der Waals surface area contributed by atoms with Crippen LogP contribution in [-0.2, 0) is 4.79 Å². The number of benzene rings is 2. The van der Waals surface area contributed by atoms with Crippen LogP contribution in [0.3, 0.4) is 0 Å². The molecule has 0 radical (unpaired) electrons. The number of rotatable bonds is 5. The van der Waals surface area contributed by atoms with E-state index in [2.05, 4.69) is 26.6 Å². The number of methoxy groups -OCH3 is 1. The second-order valence-corrected chi connectivity index (χ2v) is 7.57. The average Bonchev–Trinajstić information content (AvgIpc) is 2.74. The summed E-state index contributed by atoms with van der Waals surface area (Å²) < 4.78 is 5.88. The van der Waals surface area contributed by atoms with Crippen molar-refractivity contribution >= 4 is 33.4 Å². The fraction of sp³-hybridized carbons (Fsp3) is 0.333. The Balaban J connectivity index is 1.67. The summed E-state index contributed by atoms with van der Waals surface area (Å²) >= 11 is 3.39. The Bertz CT molecular complexity index is 848. The summed E-state index contributed by atoms with van der Waals surface area (Å²) in [5.41, 5.74) is 2.10. The highest BCUT2D eigenvalue weighted by Gasteiger charge is 2.23. The predicted molar refractivity (Wildman–Crippen MR) is 113 cm³/mol. The second-order valence-electron chi connectivity index (χ2n) is 6.72. The number of nitrogens with zero attached hydrogens (tertiary/aromatic N) is 1. The van der Waals surface area contributed by atoms with Crippen LogP contribution in [0.25, 0.3) is 0 Å². The van der Waals surface area contributed by atoms with E-state index in [9.17, 15) is 9.59 Å². The van der Waals surface area contributed by atoms with Gasteiger partial charge in [-0.15, -0.1) is 0 Å². The van der Waals surface area contributed by atoms with Crippen molar-refractivity contribution in [2.45, 2.75) is 12.8 Å². The first kappa shape index (κ1) is 20.4. The van der Waals surface area contributed by atoms with Gasteiger partial charge in [0, 0.05) is 36.3 Å². The molecular weight excluding hydrogens is 422 g/mol. The van der Waals surface area contributed by atoms with E-state index in [1.807, 2.05) is 36.1 Å². The van der Waals surface area contributed by atoms with Gasteiger partial charge >= 0.3 is 0 Å². The van der Waals surface area contributed by atoms with E-state index in [0.29, 0.717) is 21.5 Å². The van der Waals surface area contributed by atoms with Crippen LogP contribution in [0.1, 0.15) is 28.8 Å². The van der Waals surface area contributed by atoms with Gasteiger partial charge in [-0.25, -0.2) is 0 Å². The Morgan fingerprint density at radius 2 is 1.82 bits per heavy atom. The molecule has 0 bridgehead atoms. The molecule has 3 rings (SSSR count). The normalized spacial score (nSPS) is 15.0. The Labute approximate surface area is 173 Å². The SMILES string of the molecule is COc1ccc(Br)c(C(=O)Nc2ccc(C(C)C(=O)N3CCNCC3)cc2)c1. The van der Waals surface area contributed by atoms with Gasteiger partial charge in [0.05, 0.1) is 18.6 Å². The summed E-state index contributed by atoms with van der Waals surface area (Å²) in [6.07, 6.45) is 0. The van der Waals surface area contributed by atoms with Gasteiger partial charge in [-0.3, -0.25) is 9.59 Å². The Morgan fingerprint density at radius 3 is 2.46 bits per heavy atom. The van der Waals surface area contributed by atoms with E-state index in [1.54, 1.807) is 25.3 Å². The lowest BCUT2D eigenvalue weighted by Gasteiger charge is -2.30. The van der Waals surface area contributed by atoms with Gasteiger partial charge in [0.25, 0.3) is 5.91 Å². The highest BCUT2D eigenvalue weighted by molar-refractivity contribution is 9.10.